The van der Waals surface area contributed by atoms with Gasteiger partial charge >= 0.3 is 0 Å². The molecule has 0 spiro atoms. The molecule has 1 N–H and O–H groups in total. The molecule has 0 radical (unpaired) electrons. The summed E-state index contributed by atoms with van der Waals surface area (Å²) in [5, 5.41) is 3.56. The minimum atomic E-state index is 0.580. The molecule has 1 aromatic carbocycles. The lowest BCUT2D eigenvalue weighted by molar-refractivity contribution is 0.628. The highest BCUT2D eigenvalue weighted by Gasteiger charge is 2.20. The number of hydrogen-bond acceptors (Lipinski definition) is 2. The van der Waals surface area contributed by atoms with E-state index >= 15 is 0 Å². The summed E-state index contributed by atoms with van der Waals surface area (Å²) < 4.78 is 1.21. The Balaban J connectivity index is 2.07. The monoisotopic (exact) mass is 324 g/mol. The molecule has 1 aromatic rings. The molecule has 0 saturated heterocycles. The van der Waals surface area contributed by atoms with Crippen molar-refractivity contribution < 1.29 is 0 Å². The van der Waals surface area contributed by atoms with Gasteiger partial charge in [-0.05, 0) is 66.7 Å². The van der Waals surface area contributed by atoms with Gasteiger partial charge in [0.1, 0.15) is 0 Å². The number of benzene rings is 1. The van der Waals surface area contributed by atoms with Gasteiger partial charge in [-0.1, -0.05) is 13.0 Å². The highest BCUT2D eigenvalue weighted by Crippen LogP contribution is 2.29. The summed E-state index contributed by atoms with van der Waals surface area (Å²) in [7, 11) is 0. The second-order valence-electron chi connectivity index (χ2n) is 5.48. The average molecular weight is 325 g/mol. The first-order chi connectivity index (χ1) is 9.15. The van der Waals surface area contributed by atoms with Crippen molar-refractivity contribution in [2.75, 3.05) is 11.4 Å². The van der Waals surface area contributed by atoms with Crippen molar-refractivity contribution in [2.45, 2.75) is 58.7 Å². The topological polar surface area (TPSA) is 15.3 Å². The fourth-order valence-electron chi connectivity index (χ4n) is 2.38. The highest BCUT2D eigenvalue weighted by atomic mass is 79.9. The van der Waals surface area contributed by atoms with E-state index in [-0.39, 0.29) is 0 Å². The van der Waals surface area contributed by atoms with Crippen molar-refractivity contribution in [3.05, 3.63) is 28.2 Å². The smallest absolute Gasteiger partial charge is 0.0513 e. The summed E-state index contributed by atoms with van der Waals surface area (Å²) in [6, 6.07) is 8.11. The van der Waals surface area contributed by atoms with Crippen molar-refractivity contribution in [1.29, 1.82) is 0 Å². The maximum Gasteiger partial charge on any atom is 0.0513 e. The van der Waals surface area contributed by atoms with Crippen LogP contribution >= 0.6 is 15.9 Å². The van der Waals surface area contributed by atoms with Gasteiger partial charge in [-0.25, -0.2) is 0 Å². The molecule has 1 saturated carbocycles. The van der Waals surface area contributed by atoms with E-state index < -0.39 is 0 Å². The second kappa shape index (κ2) is 6.76. The number of rotatable bonds is 7. The largest absolute Gasteiger partial charge is 0.368 e. The third-order valence-corrected chi connectivity index (χ3v) is 4.59. The normalized spacial score (nSPS) is 16.4. The van der Waals surface area contributed by atoms with E-state index in [9.17, 15) is 0 Å². The van der Waals surface area contributed by atoms with Gasteiger partial charge in [0, 0.05) is 29.6 Å². The molecular weight excluding hydrogens is 300 g/mol. The zero-order valence-electron chi connectivity index (χ0n) is 12.2. The molecule has 106 valence electrons. The molecule has 0 heterocycles. The van der Waals surface area contributed by atoms with Crippen LogP contribution in [-0.4, -0.2) is 18.6 Å². The van der Waals surface area contributed by atoms with Gasteiger partial charge in [-0.3, -0.25) is 0 Å². The molecule has 2 rings (SSSR count). The first-order valence-corrected chi connectivity index (χ1v) is 8.23. The summed E-state index contributed by atoms with van der Waals surface area (Å²) in [5.74, 6) is 0. The molecule has 1 aliphatic carbocycles. The minimum Gasteiger partial charge on any atom is -0.368 e. The number of hydrogen-bond donors (Lipinski definition) is 1. The first kappa shape index (κ1) is 14.9. The SMILES string of the molecule is CCC(C)N(CC)c1ccc(CNC2CC2)cc1Br. The quantitative estimate of drug-likeness (QED) is 0.803. The van der Waals surface area contributed by atoms with Gasteiger partial charge in [0.25, 0.3) is 0 Å². The maximum absolute atomic E-state index is 3.74. The predicted octanol–water partition coefficient (Wildman–Crippen LogP) is 4.33. The Morgan fingerprint density at radius 2 is 2.11 bits per heavy atom. The zero-order valence-corrected chi connectivity index (χ0v) is 13.8. The number of halogens is 1. The lowest BCUT2D eigenvalue weighted by atomic mass is 10.1. The van der Waals surface area contributed by atoms with E-state index in [1.165, 1.54) is 35.0 Å². The van der Waals surface area contributed by atoms with E-state index in [0.717, 1.165) is 19.1 Å². The van der Waals surface area contributed by atoms with Crippen molar-refractivity contribution in [3.8, 4) is 0 Å². The molecule has 1 unspecified atom stereocenters. The Hall–Kier alpha value is -0.540. The molecule has 0 amide bonds. The number of nitrogens with zero attached hydrogens (tertiary/aromatic N) is 1. The van der Waals surface area contributed by atoms with Crippen molar-refractivity contribution >= 4 is 21.6 Å². The van der Waals surface area contributed by atoms with Crippen molar-refractivity contribution in [2.24, 2.45) is 0 Å². The lowest BCUT2D eigenvalue weighted by Crippen LogP contribution is -2.32. The van der Waals surface area contributed by atoms with Crippen molar-refractivity contribution in [3.63, 3.8) is 0 Å². The fourth-order valence-corrected chi connectivity index (χ4v) is 3.04. The van der Waals surface area contributed by atoms with Crippen molar-refractivity contribution in [1.82, 2.24) is 5.32 Å². The van der Waals surface area contributed by atoms with Gasteiger partial charge in [0.05, 0.1) is 5.69 Å². The van der Waals surface area contributed by atoms with Crippen LogP contribution < -0.4 is 10.2 Å². The summed E-state index contributed by atoms with van der Waals surface area (Å²) in [4.78, 5) is 2.46. The third kappa shape index (κ3) is 3.96. The summed E-state index contributed by atoms with van der Waals surface area (Å²) in [6.07, 6.45) is 3.86. The van der Waals surface area contributed by atoms with E-state index in [4.69, 9.17) is 0 Å². The average Bonchev–Trinajstić information content (AvgIpc) is 3.23. The van der Waals surface area contributed by atoms with Gasteiger partial charge in [-0.15, -0.1) is 0 Å². The Labute approximate surface area is 125 Å². The second-order valence-corrected chi connectivity index (χ2v) is 6.34. The molecule has 2 nitrogen and oxygen atoms in total. The van der Waals surface area contributed by atoms with E-state index in [0.29, 0.717) is 6.04 Å². The van der Waals surface area contributed by atoms with Gasteiger partial charge in [-0.2, -0.15) is 0 Å². The van der Waals surface area contributed by atoms with Crippen LogP contribution in [0, 0.1) is 0 Å². The van der Waals surface area contributed by atoms with Gasteiger partial charge in [0.15, 0.2) is 0 Å². The van der Waals surface area contributed by atoms with Crippen LogP contribution in [0.2, 0.25) is 0 Å². The molecule has 1 fully saturated rings. The van der Waals surface area contributed by atoms with Crippen LogP contribution in [0.3, 0.4) is 0 Å². The Bertz CT molecular complexity index is 415. The van der Waals surface area contributed by atoms with Crippen LogP contribution in [0.1, 0.15) is 45.6 Å². The van der Waals surface area contributed by atoms with Crippen LogP contribution in [0.25, 0.3) is 0 Å². The standard InChI is InChI=1S/C16H25BrN2/c1-4-12(3)19(5-2)16-9-6-13(10-15(16)17)11-18-14-7-8-14/h6,9-10,12,14,18H,4-5,7-8,11H2,1-3H3. The van der Waals surface area contributed by atoms with Crippen LogP contribution in [0.5, 0.6) is 0 Å². The minimum absolute atomic E-state index is 0.580. The Morgan fingerprint density at radius 1 is 1.37 bits per heavy atom. The molecule has 1 atom stereocenters. The Morgan fingerprint density at radius 3 is 2.63 bits per heavy atom. The lowest BCUT2D eigenvalue weighted by Gasteiger charge is -2.30. The zero-order chi connectivity index (χ0) is 13.8. The molecule has 3 heteroatoms. The summed E-state index contributed by atoms with van der Waals surface area (Å²) in [5.41, 5.74) is 2.68. The number of nitrogens with one attached hydrogen (secondary N) is 1. The Kier molecular flexibility index (Phi) is 5.28. The van der Waals surface area contributed by atoms with Crippen LogP contribution in [-0.2, 0) is 6.54 Å². The van der Waals surface area contributed by atoms with E-state index in [2.05, 4.69) is 65.1 Å². The number of anilines is 1. The molecule has 0 aliphatic heterocycles. The molecule has 0 bridgehead atoms. The maximum atomic E-state index is 3.74. The fraction of sp³-hybridized carbons (Fsp3) is 0.625. The molecule has 19 heavy (non-hydrogen) atoms. The molecular formula is C16H25BrN2. The first-order valence-electron chi connectivity index (χ1n) is 7.44. The van der Waals surface area contributed by atoms with E-state index in [1.54, 1.807) is 0 Å². The third-order valence-electron chi connectivity index (χ3n) is 3.96. The van der Waals surface area contributed by atoms with E-state index in [1.807, 2.05) is 0 Å². The predicted molar refractivity (Wildman–Crippen MR) is 86.8 cm³/mol. The molecule has 1 aliphatic rings. The summed E-state index contributed by atoms with van der Waals surface area (Å²) in [6.45, 7) is 8.79. The van der Waals surface area contributed by atoms with Gasteiger partial charge < -0.3 is 10.2 Å². The molecule has 0 aromatic heterocycles. The summed E-state index contributed by atoms with van der Waals surface area (Å²) >= 11 is 3.74. The van der Waals surface area contributed by atoms with Crippen LogP contribution in [0.15, 0.2) is 22.7 Å². The highest BCUT2D eigenvalue weighted by molar-refractivity contribution is 9.10. The van der Waals surface area contributed by atoms with Crippen LogP contribution in [0.4, 0.5) is 5.69 Å². The van der Waals surface area contributed by atoms with Gasteiger partial charge in [0.2, 0.25) is 0 Å².